The molecule has 0 amide bonds. The fourth-order valence-electron chi connectivity index (χ4n) is 3.41. The Morgan fingerprint density at radius 3 is 1.50 bits per heavy atom. The van der Waals surface area contributed by atoms with E-state index in [1.165, 1.54) is 55.9 Å². The first-order valence-electron chi connectivity index (χ1n) is 8.06. The molecule has 22 heavy (non-hydrogen) atoms. The molecular formula is C21H29N. The Hall–Kier alpha value is -1.76. The van der Waals surface area contributed by atoms with Crippen LogP contribution in [0.2, 0.25) is 0 Å². The molecule has 0 aliphatic carbocycles. The number of anilines is 2. The molecule has 0 heterocycles. The molecule has 0 bridgehead atoms. The van der Waals surface area contributed by atoms with Crippen LogP contribution in [0.25, 0.3) is 0 Å². The summed E-state index contributed by atoms with van der Waals surface area (Å²) in [5, 5.41) is 0. The molecule has 118 valence electrons. The van der Waals surface area contributed by atoms with E-state index < -0.39 is 0 Å². The summed E-state index contributed by atoms with van der Waals surface area (Å²) < 4.78 is 0. The van der Waals surface area contributed by atoms with Gasteiger partial charge in [-0.05, 0) is 106 Å². The van der Waals surface area contributed by atoms with Crippen LogP contribution in [0.1, 0.15) is 44.5 Å². The van der Waals surface area contributed by atoms with Gasteiger partial charge in [0.2, 0.25) is 0 Å². The summed E-state index contributed by atoms with van der Waals surface area (Å²) in [6.07, 6.45) is 0. The van der Waals surface area contributed by atoms with E-state index in [-0.39, 0.29) is 0 Å². The maximum Gasteiger partial charge on any atom is 0.0473 e. The highest BCUT2D eigenvalue weighted by molar-refractivity contribution is 5.75. The Morgan fingerprint density at radius 1 is 0.545 bits per heavy atom. The first-order chi connectivity index (χ1) is 10.2. The number of hydrogen-bond donors (Lipinski definition) is 0. The second-order valence-electron chi connectivity index (χ2n) is 6.68. The highest BCUT2D eigenvalue weighted by Crippen LogP contribution is 2.37. The summed E-state index contributed by atoms with van der Waals surface area (Å²) in [5.41, 5.74) is 13.8. The minimum atomic E-state index is 1.30. The molecule has 0 N–H and O–H groups in total. The van der Waals surface area contributed by atoms with E-state index in [4.69, 9.17) is 0 Å². The number of nitrogens with zero attached hydrogens (tertiary/aromatic N) is 1. The van der Waals surface area contributed by atoms with Crippen molar-refractivity contribution in [1.82, 2.24) is 0 Å². The van der Waals surface area contributed by atoms with Gasteiger partial charge in [0.15, 0.2) is 0 Å². The molecular weight excluding hydrogens is 266 g/mol. The van der Waals surface area contributed by atoms with Gasteiger partial charge >= 0.3 is 0 Å². The number of aryl methyl sites for hydroxylation is 1. The molecule has 0 spiro atoms. The molecule has 0 fully saturated rings. The fraction of sp³-hybridized carbons (Fsp3) is 0.429. The van der Waals surface area contributed by atoms with Gasteiger partial charge in [-0.3, -0.25) is 0 Å². The van der Waals surface area contributed by atoms with Gasteiger partial charge in [-0.25, -0.2) is 0 Å². The predicted octanol–water partition coefficient (Wildman–Crippen LogP) is 5.92. The Balaban J connectivity index is 2.70. The summed E-state index contributed by atoms with van der Waals surface area (Å²) in [4.78, 5) is 2.37. The molecule has 0 aliphatic heterocycles. The zero-order chi connectivity index (χ0) is 16.8. The summed E-state index contributed by atoms with van der Waals surface area (Å²) in [6.45, 7) is 17.8. The third-order valence-electron chi connectivity index (χ3n) is 5.69. The van der Waals surface area contributed by atoms with Gasteiger partial charge in [0.1, 0.15) is 0 Å². The lowest BCUT2D eigenvalue weighted by Crippen LogP contribution is -2.16. The zero-order valence-electron chi connectivity index (χ0n) is 15.6. The van der Waals surface area contributed by atoms with E-state index in [0.29, 0.717) is 0 Å². The van der Waals surface area contributed by atoms with Crippen LogP contribution in [0.5, 0.6) is 0 Å². The molecule has 2 aromatic carbocycles. The van der Waals surface area contributed by atoms with Crippen LogP contribution in [-0.2, 0) is 0 Å². The quantitative estimate of drug-likeness (QED) is 0.664. The van der Waals surface area contributed by atoms with Gasteiger partial charge < -0.3 is 4.90 Å². The standard InChI is InChI=1S/C21H29N/c1-12-10-11-20(17(6)13(12)2)22(9)21-18(7)15(4)14(3)16(5)19(21)8/h10-11H,1-9H3. The van der Waals surface area contributed by atoms with Crippen molar-refractivity contribution in [3.05, 3.63) is 56.6 Å². The molecule has 0 atom stereocenters. The molecule has 0 aromatic heterocycles. The summed E-state index contributed by atoms with van der Waals surface area (Å²) in [5.74, 6) is 0. The van der Waals surface area contributed by atoms with E-state index in [1.807, 2.05) is 0 Å². The number of rotatable bonds is 2. The van der Waals surface area contributed by atoms with Crippen molar-refractivity contribution in [2.45, 2.75) is 55.4 Å². The van der Waals surface area contributed by atoms with Crippen molar-refractivity contribution in [1.29, 1.82) is 0 Å². The third kappa shape index (κ3) is 2.43. The van der Waals surface area contributed by atoms with Crippen LogP contribution in [-0.4, -0.2) is 7.05 Å². The summed E-state index contributed by atoms with van der Waals surface area (Å²) in [6, 6.07) is 4.48. The first kappa shape index (κ1) is 16.6. The lowest BCUT2D eigenvalue weighted by Gasteiger charge is -2.29. The highest BCUT2D eigenvalue weighted by atomic mass is 15.1. The largest absolute Gasteiger partial charge is 0.344 e. The van der Waals surface area contributed by atoms with Crippen molar-refractivity contribution >= 4 is 11.4 Å². The number of hydrogen-bond acceptors (Lipinski definition) is 1. The van der Waals surface area contributed by atoms with E-state index in [9.17, 15) is 0 Å². The molecule has 1 heteroatoms. The first-order valence-corrected chi connectivity index (χ1v) is 8.06. The van der Waals surface area contributed by atoms with E-state index in [0.717, 1.165) is 0 Å². The Bertz CT molecular complexity index is 709. The fourth-order valence-corrected chi connectivity index (χ4v) is 3.41. The van der Waals surface area contributed by atoms with Crippen LogP contribution in [0.15, 0.2) is 12.1 Å². The van der Waals surface area contributed by atoms with Crippen LogP contribution in [0.3, 0.4) is 0 Å². The van der Waals surface area contributed by atoms with Gasteiger partial charge in [-0.1, -0.05) is 6.07 Å². The Kier molecular flexibility index (Phi) is 4.37. The summed E-state index contributed by atoms with van der Waals surface area (Å²) in [7, 11) is 2.20. The van der Waals surface area contributed by atoms with E-state index in [1.54, 1.807) is 0 Å². The topological polar surface area (TPSA) is 3.24 Å². The second kappa shape index (κ2) is 5.79. The zero-order valence-corrected chi connectivity index (χ0v) is 15.6. The smallest absolute Gasteiger partial charge is 0.0473 e. The number of benzene rings is 2. The Labute approximate surface area is 136 Å². The summed E-state index contributed by atoms with van der Waals surface area (Å²) >= 11 is 0. The minimum absolute atomic E-state index is 1.30. The molecule has 0 saturated carbocycles. The minimum Gasteiger partial charge on any atom is -0.344 e. The Morgan fingerprint density at radius 2 is 1.00 bits per heavy atom. The molecule has 1 nitrogen and oxygen atoms in total. The second-order valence-corrected chi connectivity index (χ2v) is 6.68. The maximum absolute atomic E-state index is 2.37. The molecule has 2 rings (SSSR count). The maximum atomic E-state index is 2.37. The van der Waals surface area contributed by atoms with Crippen LogP contribution in [0.4, 0.5) is 11.4 Å². The average Bonchev–Trinajstić information content (AvgIpc) is 2.49. The van der Waals surface area contributed by atoms with Crippen molar-refractivity contribution in [2.75, 3.05) is 11.9 Å². The van der Waals surface area contributed by atoms with Gasteiger partial charge in [0.25, 0.3) is 0 Å². The molecule has 2 aromatic rings. The molecule has 0 unspecified atom stereocenters. The van der Waals surface area contributed by atoms with E-state index in [2.05, 4.69) is 79.5 Å². The van der Waals surface area contributed by atoms with Crippen molar-refractivity contribution in [3.8, 4) is 0 Å². The van der Waals surface area contributed by atoms with Gasteiger partial charge in [0.05, 0.1) is 0 Å². The van der Waals surface area contributed by atoms with Crippen LogP contribution in [0, 0.1) is 55.4 Å². The van der Waals surface area contributed by atoms with Crippen molar-refractivity contribution < 1.29 is 0 Å². The molecule has 0 radical (unpaired) electrons. The van der Waals surface area contributed by atoms with Gasteiger partial charge in [-0.2, -0.15) is 0 Å². The lowest BCUT2D eigenvalue weighted by molar-refractivity contribution is 1.09. The average molecular weight is 295 g/mol. The van der Waals surface area contributed by atoms with Crippen molar-refractivity contribution in [3.63, 3.8) is 0 Å². The predicted molar refractivity (Wildman–Crippen MR) is 98.8 cm³/mol. The molecule has 0 aliphatic rings. The monoisotopic (exact) mass is 295 g/mol. The normalized spacial score (nSPS) is 11.0. The van der Waals surface area contributed by atoms with Crippen LogP contribution < -0.4 is 4.90 Å². The van der Waals surface area contributed by atoms with Crippen LogP contribution >= 0.6 is 0 Å². The highest BCUT2D eigenvalue weighted by Gasteiger charge is 2.18. The van der Waals surface area contributed by atoms with E-state index >= 15 is 0 Å². The van der Waals surface area contributed by atoms with Crippen molar-refractivity contribution in [2.24, 2.45) is 0 Å². The SMILES string of the molecule is Cc1ccc(N(C)c2c(C)c(C)c(C)c(C)c2C)c(C)c1C. The van der Waals surface area contributed by atoms with Gasteiger partial charge in [0, 0.05) is 18.4 Å². The van der Waals surface area contributed by atoms with Gasteiger partial charge in [-0.15, -0.1) is 0 Å². The third-order valence-corrected chi connectivity index (χ3v) is 5.69. The molecule has 0 saturated heterocycles. The lowest BCUT2D eigenvalue weighted by atomic mass is 9.92.